The average Bonchev–Trinajstić information content (AvgIpc) is 2.72. The third-order valence-corrected chi connectivity index (χ3v) is 2.47. The van der Waals surface area contributed by atoms with E-state index in [-0.39, 0.29) is 11.8 Å². The number of benzene rings is 1. The molecule has 0 radical (unpaired) electrons. The third kappa shape index (κ3) is 2.42. The van der Waals surface area contributed by atoms with E-state index in [9.17, 15) is 4.79 Å². The fraction of sp³-hybridized carbons (Fsp3) is 0.364. The van der Waals surface area contributed by atoms with E-state index in [1.54, 1.807) is 19.2 Å². The van der Waals surface area contributed by atoms with Crippen molar-refractivity contribution in [1.29, 1.82) is 0 Å². The van der Waals surface area contributed by atoms with Crippen LogP contribution in [0.25, 0.3) is 5.69 Å². The summed E-state index contributed by atoms with van der Waals surface area (Å²) in [6.07, 6.45) is -0.0753. The second kappa shape index (κ2) is 4.92. The summed E-state index contributed by atoms with van der Waals surface area (Å²) in [7, 11) is 1.59. The zero-order valence-corrected chi connectivity index (χ0v) is 9.78. The summed E-state index contributed by atoms with van der Waals surface area (Å²) in [5.74, 6) is 0. The second-order valence-corrected chi connectivity index (χ2v) is 3.74. The van der Waals surface area contributed by atoms with Crippen molar-refractivity contribution in [3.05, 3.63) is 40.8 Å². The van der Waals surface area contributed by atoms with E-state index in [2.05, 4.69) is 10.4 Å². The molecule has 0 bridgehead atoms. The Balaban J connectivity index is 2.31. The van der Waals surface area contributed by atoms with Gasteiger partial charge in [-0.1, -0.05) is 18.2 Å². The third-order valence-electron chi connectivity index (χ3n) is 2.47. The first kappa shape index (κ1) is 11.5. The highest BCUT2D eigenvalue weighted by Gasteiger charge is 2.10. The maximum atomic E-state index is 12.0. The van der Waals surface area contributed by atoms with Crippen LogP contribution in [0.2, 0.25) is 0 Å². The van der Waals surface area contributed by atoms with Crippen LogP contribution >= 0.6 is 0 Å². The van der Waals surface area contributed by atoms with Gasteiger partial charge in [-0.15, -0.1) is 0 Å². The molecule has 6 heteroatoms. The number of methoxy groups -OCH3 is 1. The van der Waals surface area contributed by atoms with E-state index >= 15 is 0 Å². The Hall–Kier alpha value is -1.95. The van der Waals surface area contributed by atoms with E-state index in [0.717, 1.165) is 0 Å². The Morgan fingerprint density at radius 1 is 1.29 bits per heavy atom. The van der Waals surface area contributed by atoms with Gasteiger partial charge >= 0.3 is 5.69 Å². The quantitative estimate of drug-likeness (QED) is 0.771. The van der Waals surface area contributed by atoms with Crippen LogP contribution in [0.1, 0.15) is 6.92 Å². The number of nitrogens with zero attached hydrogens (tertiary/aromatic N) is 4. The standard InChI is InChI=1S/C11H14N4O2/c1-9(17-2)8-14-11(16)15(13-12-14)10-6-4-3-5-7-10/h3-7,9H,8H2,1-2H3/t9-/m0/s1. The minimum atomic E-state index is -0.264. The lowest BCUT2D eigenvalue weighted by Crippen LogP contribution is -2.28. The van der Waals surface area contributed by atoms with Gasteiger partial charge in [-0.25, -0.2) is 4.79 Å². The fourth-order valence-corrected chi connectivity index (χ4v) is 1.44. The molecule has 1 heterocycles. The Kier molecular flexibility index (Phi) is 3.34. The molecule has 0 spiro atoms. The maximum Gasteiger partial charge on any atom is 0.368 e. The molecule has 0 amide bonds. The monoisotopic (exact) mass is 234 g/mol. The number of hydrogen-bond acceptors (Lipinski definition) is 4. The smallest absolute Gasteiger partial charge is 0.368 e. The maximum absolute atomic E-state index is 12.0. The van der Waals surface area contributed by atoms with Crippen LogP contribution in [-0.4, -0.2) is 33.0 Å². The highest BCUT2D eigenvalue weighted by atomic mass is 16.5. The molecule has 2 aromatic rings. The van der Waals surface area contributed by atoms with Crippen LogP contribution in [0.5, 0.6) is 0 Å². The second-order valence-electron chi connectivity index (χ2n) is 3.74. The van der Waals surface area contributed by atoms with Gasteiger partial charge in [-0.3, -0.25) is 0 Å². The predicted molar refractivity (Wildman–Crippen MR) is 62.1 cm³/mol. The summed E-state index contributed by atoms with van der Waals surface area (Å²) >= 11 is 0. The van der Waals surface area contributed by atoms with Crippen LogP contribution in [0, 0.1) is 0 Å². The lowest BCUT2D eigenvalue weighted by Gasteiger charge is -2.06. The first-order valence-electron chi connectivity index (χ1n) is 5.33. The van der Waals surface area contributed by atoms with Crippen molar-refractivity contribution in [2.24, 2.45) is 0 Å². The largest absolute Gasteiger partial charge is 0.380 e. The molecule has 0 N–H and O–H groups in total. The lowest BCUT2D eigenvalue weighted by molar-refractivity contribution is 0.0983. The van der Waals surface area contributed by atoms with Gasteiger partial charge in [0.2, 0.25) is 0 Å². The molecule has 0 fully saturated rings. The van der Waals surface area contributed by atoms with Crippen LogP contribution in [0.15, 0.2) is 35.1 Å². The molecular weight excluding hydrogens is 220 g/mol. The molecule has 90 valence electrons. The average molecular weight is 234 g/mol. The van der Waals surface area contributed by atoms with Gasteiger partial charge < -0.3 is 4.74 Å². The zero-order valence-electron chi connectivity index (χ0n) is 9.78. The van der Waals surface area contributed by atoms with Gasteiger partial charge in [0, 0.05) is 7.11 Å². The summed E-state index contributed by atoms with van der Waals surface area (Å²) in [4.78, 5) is 12.0. The van der Waals surface area contributed by atoms with Crippen molar-refractivity contribution in [2.45, 2.75) is 19.6 Å². The highest BCUT2D eigenvalue weighted by Crippen LogP contribution is 2.00. The van der Waals surface area contributed by atoms with Gasteiger partial charge in [-0.2, -0.15) is 9.36 Å². The van der Waals surface area contributed by atoms with E-state index < -0.39 is 0 Å². The van der Waals surface area contributed by atoms with E-state index in [4.69, 9.17) is 4.74 Å². The number of hydrogen-bond donors (Lipinski definition) is 0. The number of para-hydroxylation sites is 1. The molecule has 1 aromatic heterocycles. The first-order chi connectivity index (χ1) is 8.22. The van der Waals surface area contributed by atoms with Crippen molar-refractivity contribution in [3.63, 3.8) is 0 Å². The predicted octanol–water partition coefficient (Wildman–Crippen LogP) is 0.464. The molecule has 1 aromatic carbocycles. The summed E-state index contributed by atoms with van der Waals surface area (Å²) in [5.41, 5.74) is 0.439. The lowest BCUT2D eigenvalue weighted by atomic mass is 10.3. The van der Waals surface area contributed by atoms with Gasteiger partial charge in [0.05, 0.1) is 18.3 Å². The molecule has 0 saturated carbocycles. The normalized spacial score (nSPS) is 12.6. The van der Waals surface area contributed by atoms with E-state index in [1.165, 1.54) is 9.36 Å². The molecule has 0 saturated heterocycles. The van der Waals surface area contributed by atoms with Crippen LogP contribution in [0.4, 0.5) is 0 Å². The SMILES string of the molecule is CO[C@@H](C)Cn1nnn(-c2ccccc2)c1=O. The summed E-state index contributed by atoms with van der Waals surface area (Å²) in [6, 6.07) is 9.18. The fourth-order valence-electron chi connectivity index (χ4n) is 1.44. The molecule has 0 aliphatic rings. The molecule has 1 atom stereocenters. The van der Waals surface area contributed by atoms with Crippen LogP contribution in [-0.2, 0) is 11.3 Å². The minimum Gasteiger partial charge on any atom is -0.380 e. The van der Waals surface area contributed by atoms with Crippen molar-refractivity contribution in [1.82, 2.24) is 19.8 Å². The molecule has 0 aliphatic carbocycles. The van der Waals surface area contributed by atoms with Gasteiger partial charge in [0.1, 0.15) is 0 Å². The Morgan fingerprint density at radius 3 is 2.65 bits per heavy atom. The topological polar surface area (TPSA) is 61.9 Å². The van der Waals surface area contributed by atoms with Crippen LogP contribution < -0.4 is 5.69 Å². The van der Waals surface area contributed by atoms with Crippen molar-refractivity contribution >= 4 is 0 Å². The molecular formula is C11H14N4O2. The molecule has 2 rings (SSSR count). The molecule has 17 heavy (non-hydrogen) atoms. The summed E-state index contributed by atoms with van der Waals surface area (Å²) < 4.78 is 7.65. The van der Waals surface area contributed by atoms with Gasteiger partial charge in [0.25, 0.3) is 0 Å². The summed E-state index contributed by atoms with van der Waals surface area (Å²) in [6.45, 7) is 2.26. The Bertz CT molecular complexity index is 532. The zero-order chi connectivity index (χ0) is 12.3. The highest BCUT2D eigenvalue weighted by molar-refractivity contribution is 5.28. The van der Waals surface area contributed by atoms with E-state index in [0.29, 0.717) is 12.2 Å². The Morgan fingerprint density at radius 2 is 2.00 bits per heavy atom. The number of ether oxygens (including phenoxy) is 1. The van der Waals surface area contributed by atoms with Crippen molar-refractivity contribution in [2.75, 3.05) is 7.11 Å². The Labute approximate surface area is 98.4 Å². The number of rotatable bonds is 4. The molecule has 0 aliphatic heterocycles. The number of tetrazole rings is 1. The van der Waals surface area contributed by atoms with Crippen molar-refractivity contribution < 1.29 is 4.74 Å². The molecule has 6 nitrogen and oxygen atoms in total. The van der Waals surface area contributed by atoms with E-state index in [1.807, 2.05) is 25.1 Å². The summed E-state index contributed by atoms with van der Waals surface area (Å²) in [5, 5.41) is 7.65. The first-order valence-corrected chi connectivity index (χ1v) is 5.33. The van der Waals surface area contributed by atoms with Crippen molar-refractivity contribution in [3.8, 4) is 5.69 Å². The number of aromatic nitrogens is 4. The van der Waals surface area contributed by atoms with Gasteiger partial charge in [-0.05, 0) is 29.5 Å². The minimum absolute atomic E-state index is 0.0753. The molecule has 0 unspecified atom stereocenters. The van der Waals surface area contributed by atoms with Gasteiger partial charge in [0.15, 0.2) is 0 Å². The van der Waals surface area contributed by atoms with Crippen LogP contribution in [0.3, 0.4) is 0 Å².